The second kappa shape index (κ2) is 8.21. The Hall–Kier alpha value is -1.40. The minimum Gasteiger partial charge on any atom is -0.478 e. The summed E-state index contributed by atoms with van der Waals surface area (Å²) in [5, 5.41) is 32.4. The number of aliphatic carboxylic acids is 2. The molecule has 0 bridgehead atoms. The predicted molar refractivity (Wildman–Crippen MR) is 47.8 cm³/mol. The Morgan fingerprint density at radius 2 is 1.14 bits per heavy atom. The fourth-order valence-corrected chi connectivity index (χ4v) is 0.143. The number of carboxylic acid groups (broad SMARTS) is 2. The molecule has 0 fully saturated rings. The van der Waals surface area contributed by atoms with Crippen molar-refractivity contribution in [2.45, 2.75) is 26.1 Å². The van der Waals surface area contributed by atoms with Crippen LogP contribution in [0.2, 0.25) is 0 Å². The maximum Gasteiger partial charge on any atom is 0.328 e. The number of hydrogen-bond acceptors (Lipinski definition) is 4. The van der Waals surface area contributed by atoms with Crippen molar-refractivity contribution in [3.05, 3.63) is 12.2 Å². The number of carboxylic acids is 2. The van der Waals surface area contributed by atoms with Crippen LogP contribution in [0.4, 0.5) is 0 Å². The maximum atomic E-state index is 9.55. The van der Waals surface area contributed by atoms with Gasteiger partial charge in [0, 0.05) is 12.2 Å². The van der Waals surface area contributed by atoms with Crippen molar-refractivity contribution >= 4 is 11.9 Å². The molecule has 2 unspecified atom stereocenters. The monoisotopic (exact) mass is 206 g/mol. The number of rotatable bonds is 3. The molecule has 0 heterocycles. The largest absolute Gasteiger partial charge is 0.478 e. The van der Waals surface area contributed by atoms with Crippen molar-refractivity contribution in [1.82, 2.24) is 0 Å². The third-order valence-electron chi connectivity index (χ3n) is 1.07. The average molecular weight is 206 g/mol. The Morgan fingerprint density at radius 1 is 0.929 bits per heavy atom. The second-order valence-corrected chi connectivity index (χ2v) is 2.49. The van der Waals surface area contributed by atoms with Crippen LogP contribution in [0.3, 0.4) is 0 Å². The summed E-state index contributed by atoms with van der Waals surface area (Å²) < 4.78 is 0. The Kier molecular flexibility index (Phi) is 8.85. The molecule has 0 aromatic rings. The first-order valence-corrected chi connectivity index (χ1v) is 3.77. The molecule has 2 atom stereocenters. The van der Waals surface area contributed by atoms with Gasteiger partial charge < -0.3 is 20.4 Å². The molecule has 4 N–H and O–H groups in total. The maximum absolute atomic E-state index is 9.55. The first-order valence-electron chi connectivity index (χ1n) is 3.77. The molecule has 6 nitrogen and oxygen atoms in total. The van der Waals surface area contributed by atoms with E-state index in [0.717, 1.165) is 0 Å². The molecule has 0 aliphatic rings. The lowest BCUT2D eigenvalue weighted by atomic mass is 10.3. The zero-order valence-electron chi connectivity index (χ0n) is 7.91. The van der Waals surface area contributed by atoms with Gasteiger partial charge in [-0.05, 0) is 13.8 Å². The van der Waals surface area contributed by atoms with Crippen molar-refractivity contribution in [2.75, 3.05) is 0 Å². The summed E-state index contributed by atoms with van der Waals surface area (Å²) in [6, 6.07) is 0. The number of hydrogen-bond donors (Lipinski definition) is 4. The van der Waals surface area contributed by atoms with Crippen molar-refractivity contribution in [3.8, 4) is 0 Å². The van der Waals surface area contributed by atoms with E-state index in [1.165, 1.54) is 0 Å². The Bertz CT molecular complexity index is 184. The van der Waals surface area contributed by atoms with E-state index in [0.29, 0.717) is 12.2 Å². The molecular weight excluding hydrogens is 192 g/mol. The Balaban J connectivity index is 0. The molecule has 0 aliphatic carbocycles. The SMILES string of the molecule is CC(O)C(C)O.O=C(O)/C=C\C(=O)O. The van der Waals surface area contributed by atoms with Crippen LogP contribution in [0, 0.1) is 0 Å². The fraction of sp³-hybridized carbons (Fsp3) is 0.500. The van der Waals surface area contributed by atoms with Crippen LogP contribution in [0.25, 0.3) is 0 Å². The molecule has 0 rings (SSSR count). The lowest BCUT2D eigenvalue weighted by Gasteiger charge is -2.03. The van der Waals surface area contributed by atoms with Crippen molar-refractivity contribution in [2.24, 2.45) is 0 Å². The smallest absolute Gasteiger partial charge is 0.328 e. The normalized spacial score (nSPS) is 14.0. The van der Waals surface area contributed by atoms with Gasteiger partial charge in [0.05, 0.1) is 12.2 Å². The highest BCUT2D eigenvalue weighted by Gasteiger charge is 1.99. The van der Waals surface area contributed by atoms with Gasteiger partial charge in [-0.2, -0.15) is 0 Å². The van der Waals surface area contributed by atoms with Gasteiger partial charge >= 0.3 is 11.9 Å². The van der Waals surface area contributed by atoms with Gasteiger partial charge in [0.1, 0.15) is 0 Å². The van der Waals surface area contributed by atoms with Gasteiger partial charge in [0.2, 0.25) is 0 Å². The summed E-state index contributed by atoms with van der Waals surface area (Å²) in [6.45, 7) is 3.09. The molecule has 14 heavy (non-hydrogen) atoms. The molecule has 0 amide bonds. The van der Waals surface area contributed by atoms with Gasteiger partial charge in [-0.15, -0.1) is 0 Å². The molecule has 0 aromatic heterocycles. The summed E-state index contributed by atoms with van der Waals surface area (Å²) in [6.07, 6.45) is -0.0694. The molecule has 0 spiro atoms. The van der Waals surface area contributed by atoms with Crippen LogP contribution in [0.1, 0.15) is 13.8 Å². The molecule has 0 aromatic carbocycles. The standard InChI is InChI=1S/C4H4O4.C4H10O2/c5-3(6)1-2-4(7)8;1-3(5)4(2)6/h1-2H,(H,5,6)(H,7,8);3-6H,1-2H3/b2-1-;. The van der Waals surface area contributed by atoms with Crippen molar-refractivity contribution in [3.63, 3.8) is 0 Å². The molecule has 0 radical (unpaired) electrons. The number of aliphatic hydroxyl groups excluding tert-OH is 2. The minimum absolute atomic E-state index is 0.558. The predicted octanol–water partition coefficient (Wildman–Crippen LogP) is -0.540. The van der Waals surface area contributed by atoms with E-state index in [1.54, 1.807) is 13.8 Å². The molecule has 82 valence electrons. The molecule has 0 saturated heterocycles. The summed E-state index contributed by atoms with van der Waals surface area (Å²) in [7, 11) is 0. The molecule has 0 aliphatic heterocycles. The van der Waals surface area contributed by atoms with Crippen molar-refractivity contribution < 1.29 is 30.0 Å². The van der Waals surface area contributed by atoms with Gasteiger partial charge in [0.25, 0.3) is 0 Å². The summed E-state index contributed by atoms with van der Waals surface area (Å²) in [5.41, 5.74) is 0. The van der Waals surface area contributed by atoms with Gasteiger partial charge in [-0.3, -0.25) is 0 Å². The lowest BCUT2D eigenvalue weighted by molar-refractivity contribution is -0.134. The third-order valence-corrected chi connectivity index (χ3v) is 1.07. The minimum atomic E-state index is -1.26. The summed E-state index contributed by atoms with van der Waals surface area (Å²) in [4.78, 5) is 19.1. The van der Waals surface area contributed by atoms with Gasteiger partial charge in [0.15, 0.2) is 0 Å². The quantitative estimate of drug-likeness (QED) is 0.461. The van der Waals surface area contributed by atoms with Crippen LogP contribution in [0.15, 0.2) is 12.2 Å². The van der Waals surface area contributed by atoms with Crippen LogP contribution in [-0.4, -0.2) is 44.6 Å². The first kappa shape index (κ1) is 15.1. The lowest BCUT2D eigenvalue weighted by Crippen LogP contribution is -2.17. The molecule has 6 heteroatoms. The number of aliphatic hydroxyl groups is 2. The Labute approximate surface area is 81.1 Å². The summed E-state index contributed by atoms with van der Waals surface area (Å²) >= 11 is 0. The van der Waals surface area contributed by atoms with Crippen LogP contribution < -0.4 is 0 Å². The van der Waals surface area contributed by atoms with Crippen LogP contribution in [0.5, 0.6) is 0 Å². The van der Waals surface area contributed by atoms with E-state index in [2.05, 4.69) is 0 Å². The first-order chi connectivity index (χ1) is 6.27. The van der Waals surface area contributed by atoms with Crippen LogP contribution in [-0.2, 0) is 9.59 Å². The third kappa shape index (κ3) is 16.9. The second-order valence-electron chi connectivity index (χ2n) is 2.49. The van der Waals surface area contributed by atoms with Gasteiger partial charge in [-0.25, -0.2) is 9.59 Å². The van der Waals surface area contributed by atoms with E-state index in [1.807, 2.05) is 0 Å². The highest BCUT2D eigenvalue weighted by atomic mass is 16.4. The Morgan fingerprint density at radius 3 is 1.21 bits per heavy atom. The highest BCUT2D eigenvalue weighted by Crippen LogP contribution is 1.85. The van der Waals surface area contributed by atoms with Crippen LogP contribution >= 0.6 is 0 Å². The van der Waals surface area contributed by atoms with E-state index >= 15 is 0 Å². The summed E-state index contributed by atoms with van der Waals surface area (Å²) in [5.74, 6) is -2.51. The van der Waals surface area contributed by atoms with E-state index in [4.69, 9.17) is 20.4 Å². The van der Waals surface area contributed by atoms with E-state index < -0.39 is 24.1 Å². The topological polar surface area (TPSA) is 115 Å². The van der Waals surface area contributed by atoms with E-state index in [9.17, 15) is 9.59 Å². The highest BCUT2D eigenvalue weighted by molar-refractivity contribution is 5.89. The zero-order valence-corrected chi connectivity index (χ0v) is 7.91. The van der Waals surface area contributed by atoms with E-state index in [-0.39, 0.29) is 0 Å². The molecule has 0 saturated carbocycles. The zero-order chi connectivity index (χ0) is 11.7. The van der Waals surface area contributed by atoms with Gasteiger partial charge in [-0.1, -0.05) is 0 Å². The fourth-order valence-electron chi connectivity index (χ4n) is 0.143. The molecular formula is C8H14O6. The van der Waals surface area contributed by atoms with Crippen molar-refractivity contribution in [1.29, 1.82) is 0 Å². The number of carbonyl (C=O) groups is 2. The average Bonchev–Trinajstić information content (AvgIpc) is 2.01.